The second kappa shape index (κ2) is 6.58. The second-order valence-electron chi connectivity index (χ2n) is 6.19. The van der Waals surface area contributed by atoms with Crippen molar-refractivity contribution in [3.05, 3.63) is 35.6 Å². The Morgan fingerprint density at radius 3 is 2.38 bits per heavy atom. The number of nitrogens with zero attached hydrogens (tertiary/aromatic N) is 1. The van der Waals surface area contributed by atoms with Gasteiger partial charge in [0.15, 0.2) is 0 Å². The summed E-state index contributed by atoms with van der Waals surface area (Å²) in [6.07, 6.45) is 7.10. The Labute approximate surface area is 126 Å². The Balaban J connectivity index is 2.46. The van der Waals surface area contributed by atoms with Crippen LogP contribution < -0.4 is 0 Å². The molecule has 2 rings (SSSR count). The van der Waals surface area contributed by atoms with Gasteiger partial charge in [0.1, 0.15) is 11.4 Å². The minimum absolute atomic E-state index is 0.363. The maximum atomic E-state index is 13.6. The standard InChI is InChI=1S/C18H24FNO/c1-2-18(21,15-9-8-10-16(19)13-15)17(14-20)11-6-4-3-5-7-12-17/h8-10,13,21H,2-7,11-12H2,1H3. The highest BCUT2D eigenvalue weighted by Gasteiger charge is 2.50. The van der Waals surface area contributed by atoms with Crippen molar-refractivity contribution in [2.24, 2.45) is 5.41 Å². The molecule has 21 heavy (non-hydrogen) atoms. The van der Waals surface area contributed by atoms with Gasteiger partial charge in [0.05, 0.1) is 11.5 Å². The molecule has 3 heteroatoms. The van der Waals surface area contributed by atoms with E-state index in [-0.39, 0.29) is 5.82 Å². The number of aliphatic hydroxyl groups is 1. The zero-order valence-electron chi connectivity index (χ0n) is 12.7. The first-order chi connectivity index (χ1) is 10.1. The van der Waals surface area contributed by atoms with E-state index in [1.54, 1.807) is 12.1 Å². The van der Waals surface area contributed by atoms with E-state index in [1.807, 2.05) is 6.92 Å². The lowest BCUT2D eigenvalue weighted by Crippen LogP contribution is -2.45. The Hall–Kier alpha value is -1.40. The van der Waals surface area contributed by atoms with Gasteiger partial charge in [-0.25, -0.2) is 4.39 Å². The predicted octanol–water partition coefficient (Wildman–Crippen LogP) is 4.68. The molecule has 1 unspecified atom stereocenters. The SMILES string of the molecule is CCC(O)(c1cccc(F)c1)C1(C#N)CCCCCCC1. The molecular formula is C18H24FNO. The number of rotatable bonds is 3. The lowest BCUT2D eigenvalue weighted by molar-refractivity contribution is -0.0776. The molecule has 0 heterocycles. The fourth-order valence-corrected chi connectivity index (χ4v) is 3.69. The van der Waals surface area contributed by atoms with Crippen LogP contribution in [0.3, 0.4) is 0 Å². The van der Waals surface area contributed by atoms with Gasteiger partial charge in [0, 0.05) is 0 Å². The molecule has 0 aliphatic heterocycles. The maximum Gasteiger partial charge on any atom is 0.123 e. The van der Waals surface area contributed by atoms with Crippen LogP contribution in [-0.2, 0) is 5.60 Å². The van der Waals surface area contributed by atoms with Crippen molar-refractivity contribution >= 4 is 0 Å². The average molecular weight is 289 g/mol. The number of hydrogen-bond acceptors (Lipinski definition) is 2. The summed E-state index contributed by atoms with van der Waals surface area (Å²) in [5.74, 6) is -0.363. The highest BCUT2D eigenvalue weighted by Crippen LogP contribution is 2.50. The molecule has 0 saturated heterocycles. The van der Waals surface area contributed by atoms with Crippen LogP contribution >= 0.6 is 0 Å². The minimum atomic E-state index is -1.28. The molecule has 0 amide bonds. The van der Waals surface area contributed by atoms with Crippen LogP contribution in [0.15, 0.2) is 24.3 Å². The van der Waals surface area contributed by atoms with E-state index < -0.39 is 11.0 Å². The Kier molecular flexibility index (Phi) is 5.00. The van der Waals surface area contributed by atoms with E-state index in [0.717, 1.165) is 25.7 Å². The van der Waals surface area contributed by atoms with Crippen LogP contribution in [0.5, 0.6) is 0 Å². The first-order valence-electron chi connectivity index (χ1n) is 7.98. The summed E-state index contributed by atoms with van der Waals surface area (Å²) < 4.78 is 13.6. The predicted molar refractivity (Wildman–Crippen MR) is 81.0 cm³/mol. The topological polar surface area (TPSA) is 44.0 Å². The van der Waals surface area contributed by atoms with Gasteiger partial charge in [-0.1, -0.05) is 51.2 Å². The average Bonchev–Trinajstić information content (AvgIpc) is 2.47. The molecule has 114 valence electrons. The summed E-state index contributed by atoms with van der Waals surface area (Å²) in [5.41, 5.74) is -1.55. The van der Waals surface area contributed by atoms with Crippen molar-refractivity contribution < 1.29 is 9.50 Å². The van der Waals surface area contributed by atoms with Gasteiger partial charge >= 0.3 is 0 Å². The van der Waals surface area contributed by atoms with E-state index in [9.17, 15) is 14.8 Å². The van der Waals surface area contributed by atoms with Crippen LogP contribution in [0.4, 0.5) is 4.39 Å². The van der Waals surface area contributed by atoms with Gasteiger partial charge in [-0.05, 0) is 37.0 Å². The normalized spacial score (nSPS) is 21.6. The summed E-state index contributed by atoms with van der Waals surface area (Å²) >= 11 is 0. The molecule has 1 aliphatic rings. The lowest BCUT2D eigenvalue weighted by atomic mass is 9.62. The molecule has 1 aliphatic carbocycles. The van der Waals surface area contributed by atoms with Crippen molar-refractivity contribution in [1.29, 1.82) is 5.26 Å². The number of nitriles is 1. The van der Waals surface area contributed by atoms with E-state index >= 15 is 0 Å². The first kappa shape index (κ1) is 16.0. The fourth-order valence-electron chi connectivity index (χ4n) is 3.69. The van der Waals surface area contributed by atoms with Crippen molar-refractivity contribution in [1.82, 2.24) is 0 Å². The molecule has 0 spiro atoms. The van der Waals surface area contributed by atoms with Gasteiger partial charge in [-0.2, -0.15) is 5.26 Å². The summed E-state index contributed by atoms with van der Waals surface area (Å²) in [4.78, 5) is 0. The smallest absolute Gasteiger partial charge is 0.123 e. The van der Waals surface area contributed by atoms with Crippen molar-refractivity contribution in [3.8, 4) is 6.07 Å². The highest BCUT2D eigenvalue weighted by atomic mass is 19.1. The third-order valence-corrected chi connectivity index (χ3v) is 5.03. The summed E-state index contributed by atoms with van der Waals surface area (Å²) in [7, 11) is 0. The van der Waals surface area contributed by atoms with Crippen LogP contribution in [0.25, 0.3) is 0 Å². The zero-order valence-corrected chi connectivity index (χ0v) is 12.7. The van der Waals surface area contributed by atoms with Crippen LogP contribution in [0.1, 0.15) is 63.9 Å². The molecular weight excluding hydrogens is 265 g/mol. The van der Waals surface area contributed by atoms with Crippen molar-refractivity contribution in [3.63, 3.8) is 0 Å². The monoisotopic (exact) mass is 289 g/mol. The molecule has 1 N–H and O–H groups in total. The van der Waals surface area contributed by atoms with Crippen LogP contribution in [0, 0.1) is 22.6 Å². The molecule has 0 aromatic heterocycles. The van der Waals surface area contributed by atoms with Gasteiger partial charge < -0.3 is 5.11 Å². The third-order valence-electron chi connectivity index (χ3n) is 5.03. The fraction of sp³-hybridized carbons (Fsp3) is 0.611. The molecule has 2 nitrogen and oxygen atoms in total. The maximum absolute atomic E-state index is 13.6. The largest absolute Gasteiger partial charge is 0.383 e. The quantitative estimate of drug-likeness (QED) is 0.878. The number of halogens is 1. The van der Waals surface area contributed by atoms with Crippen molar-refractivity contribution in [2.75, 3.05) is 0 Å². The third kappa shape index (κ3) is 2.96. The second-order valence-corrected chi connectivity index (χ2v) is 6.19. The summed E-state index contributed by atoms with van der Waals surface area (Å²) in [6, 6.07) is 8.52. The zero-order chi connectivity index (χ0) is 15.3. The van der Waals surface area contributed by atoms with Gasteiger partial charge in [-0.15, -0.1) is 0 Å². The highest BCUT2D eigenvalue weighted by molar-refractivity contribution is 5.29. The Morgan fingerprint density at radius 1 is 1.24 bits per heavy atom. The minimum Gasteiger partial charge on any atom is -0.383 e. The van der Waals surface area contributed by atoms with Gasteiger partial charge in [0.25, 0.3) is 0 Å². The van der Waals surface area contributed by atoms with E-state index in [4.69, 9.17) is 0 Å². The number of benzene rings is 1. The van der Waals surface area contributed by atoms with E-state index in [0.29, 0.717) is 24.8 Å². The van der Waals surface area contributed by atoms with Gasteiger partial charge in [-0.3, -0.25) is 0 Å². The lowest BCUT2D eigenvalue weighted by Gasteiger charge is -2.44. The van der Waals surface area contributed by atoms with E-state index in [2.05, 4.69) is 6.07 Å². The molecule has 1 aromatic rings. The van der Waals surface area contributed by atoms with E-state index in [1.165, 1.54) is 18.6 Å². The molecule has 1 saturated carbocycles. The summed E-state index contributed by atoms with van der Waals surface area (Å²) in [6.45, 7) is 1.88. The first-order valence-corrected chi connectivity index (χ1v) is 7.98. The van der Waals surface area contributed by atoms with Crippen LogP contribution in [-0.4, -0.2) is 5.11 Å². The summed E-state index contributed by atoms with van der Waals surface area (Å²) in [5, 5.41) is 21.2. The Bertz CT molecular complexity index is 514. The molecule has 1 fully saturated rings. The Morgan fingerprint density at radius 2 is 1.86 bits per heavy atom. The molecule has 0 bridgehead atoms. The molecule has 1 atom stereocenters. The van der Waals surface area contributed by atoms with Crippen LogP contribution in [0.2, 0.25) is 0 Å². The molecule has 0 radical (unpaired) electrons. The van der Waals surface area contributed by atoms with Crippen molar-refractivity contribution in [2.45, 2.75) is 63.9 Å². The number of hydrogen-bond donors (Lipinski definition) is 1. The molecule has 1 aromatic carbocycles. The van der Waals surface area contributed by atoms with Gasteiger partial charge in [0.2, 0.25) is 0 Å².